The van der Waals surface area contributed by atoms with E-state index in [-0.39, 0.29) is 0 Å². The molecular weight excluding hydrogens is 256 g/mol. The van der Waals surface area contributed by atoms with Crippen molar-refractivity contribution in [1.82, 2.24) is 10.0 Å². The number of hydrogen-bond donors (Lipinski definition) is 2. The van der Waals surface area contributed by atoms with Gasteiger partial charge in [-0.2, -0.15) is 0 Å². The molecule has 0 saturated carbocycles. The Balaban J connectivity index is 2.78. The summed E-state index contributed by atoms with van der Waals surface area (Å²) in [5, 5.41) is 4.79. The van der Waals surface area contributed by atoms with Gasteiger partial charge in [0.05, 0.1) is 4.90 Å². The molecule has 0 bridgehead atoms. The van der Waals surface area contributed by atoms with Crippen molar-refractivity contribution in [2.24, 2.45) is 5.92 Å². The highest BCUT2D eigenvalue weighted by molar-refractivity contribution is 7.89. The molecule has 2 N–H and O–H groups in total. The highest BCUT2D eigenvalue weighted by atomic mass is 32.2. The monoisotopic (exact) mass is 276 g/mol. The van der Waals surface area contributed by atoms with Gasteiger partial charge in [-0.1, -0.05) is 20.3 Å². The van der Waals surface area contributed by atoms with Crippen LogP contribution < -0.4 is 10.0 Å². The van der Waals surface area contributed by atoms with Crippen LogP contribution in [0.4, 0.5) is 0 Å². The molecular formula is C11H20N2O2S2. The standard InChI is InChI=1S/C11H20N2O2S2/c1-4-9(2)7-13-17(14,15)11-5-6-16-10(11)8-12-3/h5-6,9,12-13H,4,7-8H2,1-3H3. The zero-order chi connectivity index (χ0) is 12.9. The molecule has 1 unspecified atom stereocenters. The van der Waals surface area contributed by atoms with Gasteiger partial charge in [0.1, 0.15) is 0 Å². The summed E-state index contributed by atoms with van der Waals surface area (Å²) in [6.45, 7) is 5.16. The van der Waals surface area contributed by atoms with E-state index in [1.165, 1.54) is 11.3 Å². The third kappa shape index (κ3) is 4.06. The topological polar surface area (TPSA) is 58.2 Å². The fourth-order valence-corrected chi connectivity index (χ4v) is 3.95. The molecule has 4 nitrogen and oxygen atoms in total. The smallest absolute Gasteiger partial charge is 0.241 e. The maximum absolute atomic E-state index is 12.1. The van der Waals surface area contributed by atoms with Crippen LogP contribution in [0, 0.1) is 5.92 Å². The Morgan fingerprint density at radius 2 is 2.18 bits per heavy atom. The van der Waals surface area contributed by atoms with Crippen molar-refractivity contribution in [2.75, 3.05) is 13.6 Å². The molecule has 0 radical (unpaired) electrons. The lowest BCUT2D eigenvalue weighted by Gasteiger charge is -2.11. The second-order valence-electron chi connectivity index (χ2n) is 4.10. The first-order valence-corrected chi connectivity index (χ1v) is 8.08. The summed E-state index contributed by atoms with van der Waals surface area (Å²) < 4.78 is 26.8. The SMILES string of the molecule is CCC(C)CNS(=O)(=O)c1ccsc1CNC. The van der Waals surface area contributed by atoms with E-state index in [1.54, 1.807) is 6.07 Å². The van der Waals surface area contributed by atoms with Crippen LogP contribution in [0.2, 0.25) is 0 Å². The van der Waals surface area contributed by atoms with Crippen LogP contribution in [0.25, 0.3) is 0 Å². The lowest BCUT2D eigenvalue weighted by molar-refractivity contribution is 0.528. The van der Waals surface area contributed by atoms with Crippen LogP contribution in [0.5, 0.6) is 0 Å². The summed E-state index contributed by atoms with van der Waals surface area (Å²) in [7, 11) is -1.55. The molecule has 0 saturated heterocycles. The van der Waals surface area contributed by atoms with Crippen LogP contribution in [0.1, 0.15) is 25.1 Å². The summed E-state index contributed by atoms with van der Waals surface area (Å²) in [6.07, 6.45) is 0.968. The van der Waals surface area contributed by atoms with Gasteiger partial charge in [-0.05, 0) is 24.4 Å². The highest BCUT2D eigenvalue weighted by Gasteiger charge is 2.19. The molecule has 1 atom stereocenters. The third-order valence-corrected chi connectivity index (χ3v) is 5.21. The summed E-state index contributed by atoms with van der Waals surface area (Å²) in [5.74, 6) is 0.358. The molecule has 0 aliphatic heterocycles. The first kappa shape index (κ1) is 14.6. The molecule has 1 aromatic rings. The summed E-state index contributed by atoms with van der Waals surface area (Å²) >= 11 is 1.46. The van der Waals surface area contributed by atoms with E-state index in [1.807, 2.05) is 19.4 Å². The Morgan fingerprint density at radius 1 is 1.47 bits per heavy atom. The minimum absolute atomic E-state index is 0.358. The number of rotatable bonds is 7. The third-order valence-electron chi connectivity index (χ3n) is 2.65. The van der Waals surface area contributed by atoms with Crippen LogP contribution in [0.3, 0.4) is 0 Å². The zero-order valence-corrected chi connectivity index (χ0v) is 12.1. The highest BCUT2D eigenvalue weighted by Crippen LogP contribution is 2.21. The Bertz CT molecular complexity index is 440. The molecule has 98 valence electrons. The van der Waals surface area contributed by atoms with Crippen molar-refractivity contribution in [1.29, 1.82) is 0 Å². The predicted octanol–water partition coefficient (Wildman–Crippen LogP) is 1.79. The van der Waals surface area contributed by atoms with Gasteiger partial charge in [0.25, 0.3) is 0 Å². The molecule has 0 aliphatic rings. The first-order valence-electron chi connectivity index (χ1n) is 5.72. The molecule has 17 heavy (non-hydrogen) atoms. The van der Waals surface area contributed by atoms with Gasteiger partial charge in [-0.25, -0.2) is 13.1 Å². The molecule has 1 aromatic heterocycles. The molecule has 0 amide bonds. The van der Waals surface area contributed by atoms with Crippen molar-refractivity contribution in [3.8, 4) is 0 Å². The minimum Gasteiger partial charge on any atom is -0.315 e. The van der Waals surface area contributed by atoms with E-state index >= 15 is 0 Å². The molecule has 0 spiro atoms. The van der Waals surface area contributed by atoms with Crippen molar-refractivity contribution in [3.05, 3.63) is 16.3 Å². The van der Waals surface area contributed by atoms with E-state index < -0.39 is 10.0 Å². The Morgan fingerprint density at radius 3 is 2.76 bits per heavy atom. The van der Waals surface area contributed by atoms with Gasteiger partial charge >= 0.3 is 0 Å². The van der Waals surface area contributed by atoms with Crippen molar-refractivity contribution >= 4 is 21.4 Å². The van der Waals surface area contributed by atoms with Gasteiger partial charge in [0.15, 0.2) is 0 Å². The summed E-state index contributed by atoms with van der Waals surface area (Å²) in [4.78, 5) is 1.25. The fourth-order valence-electron chi connectivity index (χ4n) is 1.33. The fraction of sp³-hybridized carbons (Fsp3) is 0.636. The Kier molecular flexibility index (Phi) is 5.58. The normalized spacial score (nSPS) is 13.8. The van der Waals surface area contributed by atoms with Crippen molar-refractivity contribution in [2.45, 2.75) is 31.7 Å². The average Bonchev–Trinajstić information content (AvgIpc) is 2.75. The lowest BCUT2D eigenvalue weighted by atomic mass is 10.1. The Labute approximate surface area is 107 Å². The van der Waals surface area contributed by atoms with E-state index in [2.05, 4.69) is 17.0 Å². The second kappa shape index (κ2) is 6.49. The lowest BCUT2D eigenvalue weighted by Crippen LogP contribution is -2.28. The van der Waals surface area contributed by atoms with Crippen LogP contribution in [-0.4, -0.2) is 22.0 Å². The first-order chi connectivity index (χ1) is 8.01. The van der Waals surface area contributed by atoms with Crippen molar-refractivity contribution < 1.29 is 8.42 Å². The van der Waals surface area contributed by atoms with Gasteiger partial charge in [0, 0.05) is 18.0 Å². The molecule has 1 heterocycles. The molecule has 0 aromatic carbocycles. The maximum atomic E-state index is 12.1. The number of hydrogen-bond acceptors (Lipinski definition) is 4. The van der Waals surface area contributed by atoms with Gasteiger partial charge in [0.2, 0.25) is 10.0 Å². The van der Waals surface area contributed by atoms with Crippen LogP contribution in [-0.2, 0) is 16.6 Å². The van der Waals surface area contributed by atoms with Crippen molar-refractivity contribution in [3.63, 3.8) is 0 Å². The van der Waals surface area contributed by atoms with E-state index in [9.17, 15) is 8.42 Å². The molecule has 1 rings (SSSR count). The van der Waals surface area contributed by atoms with Crippen LogP contribution in [0.15, 0.2) is 16.3 Å². The average molecular weight is 276 g/mol. The molecule has 0 fully saturated rings. The van der Waals surface area contributed by atoms with Gasteiger partial charge in [-0.3, -0.25) is 0 Å². The minimum atomic E-state index is -3.35. The van der Waals surface area contributed by atoms with E-state index in [4.69, 9.17) is 0 Å². The largest absolute Gasteiger partial charge is 0.315 e. The maximum Gasteiger partial charge on any atom is 0.241 e. The van der Waals surface area contributed by atoms with Gasteiger partial charge in [-0.15, -0.1) is 11.3 Å². The molecule has 0 aliphatic carbocycles. The Hall–Kier alpha value is -0.430. The van der Waals surface area contributed by atoms with Crippen LogP contribution >= 0.6 is 11.3 Å². The molecule has 6 heteroatoms. The number of thiophene rings is 1. The predicted molar refractivity (Wildman–Crippen MR) is 71.7 cm³/mol. The second-order valence-corrected chi connectivity index (χ2v) is 6.84. The van der Waals surface area contributed by atoms with E-state index in [0.29, 0.717) is 23.9 Å². The summed E-state index contributed by atoms with van der Waals surface area (Å²) in [6, 6.07) is 1.66. The summed E-state index contributed by atoms with van der Waals surface area (Å²) in [5.41, 5.74) is 0. The quantitative estimate of drug-likeness (QED) is 0.798. The number of sulfonamides is 1. The van der Waals surface area contributed by atoms with E-state index in [0.717, 1.165) is 11.3 Å². The van der Waals surface area contributed by atoms with Gasteiger partial charge < -0.3 is 5.32 Å². The zero-order valence-electron chi connectivity index (χ0n) is 10.5. The number of nitrogens with one attached hydrogen (secondary N) is 2.